The third-order valence-corrected chi connectivity index (χ3v) is 5.50. The van der Waals surface area contributed by atoms with Crippen molar-refractivity contribution in [2.24, 2.45) is 0 Å². The fraction of sp³-hybridized carbons (Fsp3) is 0.615. The van der Waals surface area contributed by atoms with Gasteiger partial charge >= 0.3 is 0 Å². The van der Waals surface area contributed by atoms with Crippen molar-refractivity contribution in [3.63, 3.8) is 0 Å². The first-order valence-electron chi connectivity index (χ1n) is 6.36. The Balaban J connectivity index is 1.73. The monoisotopic (exact) mass is 329 g/mol. The highest BCUT2D eigenvalue weighted by atomic mass is 79.9. The Morgan fingerprint density at radius 1 is 1.56 bits per heavy atom. The van der Waals surface area contributed by atoms with Gasteiger partial charge in [-0.3, -0.25) is 4.79 Å². The van der Waals surface area contributed by atoms with E-state index in [9.17, 15) is 4.79 Å². The number of rotatable bonds is 2. The van der Waals surface area contributed by atoms with Crippen LogP contribution in [-0.2, 0) is 17.6 Å². The number of carbonyl (C=O) groups is 1. The third-order valence-electron chi connectivity index (χ3n) is 3.56. The van der Waals surface area contributed by atoms with Crippen LogP contribution in [0.15, 0.2) is 6.07 Å². The Kier molecular flexibility index (Phi) is 3.73. The first-order chi connectivity index (χ1) is 8.78. The molecule has 1 aromatic heterocycles. The van der Waals surface area contributed by atoms with Gasteiger partial charge in [0.15, 0.2) is 0 Å². The molecule has 1 unspecified atom stereocenters. The fourth-order valence-electron chi connectivity index (χ4n) is 2.59. The van der Waals surface area contributed by atoms with E-state index in [2.05, 4.69) is 22.0 Å². The minimum atomic E-state index is 0.134. The smallest absolute Gasteiger partial charge is 0.264 e. The average molecular weight is 330 g/mol. The number of hydrogen-bond acceptors (Lipinski definition) is 3. The summed E-state index contributed by atoms with van der Waals surface area (Å²) in [6.45, 7) is 2.06. The zero-order valence-electron chi connectivity index (χ0n) is 10.2. The van der Waals surface area contributed by atoms with Crippen LogP contribution in [-0.4, -0.2) is 41.9 Å². The topological polar surface area (TPSA) is 29.5 Å². The standard InChI is InChI=1S/C13H16BrNO2S/c14-7-10-8-15(4-5-17-10)13(16)12-6-9-2-1-3-11(9)18-12/h6,10H,1-5,7-8H2. The summed E-state index contributed by atoms with van der Waals surface area (Å²) in [6.07, 6.45) is 3.68. The van der Waals surface area contributed by atoms with Crippen molar-refractivity contribution in [3.05, 3.63) is 21.4 Å². The molecule has 1 aliphatic heterocycles. The lowest BCUT2D eigenvalue weighted by atomic mass is 10.2. The van der Waals surface area contributed by atoms with Crippen LogP contribution in [0.25, 0.3) is 0 Å². The van der Waals surface area contributed by atoms with E-state index < -0.39 is 0 Å². The minimum Gasteiger partial charge on any atom is -0.374 e. The number of fused-ring (bicyclic) bond motifs is 1. The number of morpholine rings is 1. The third kappa shape index (κ3) is 2.36. The van der Waals surface area contributed by atoms with Crippen molar-refractivity contribution >= 4 is 33.2 Å². The second kappa shape index (κ2) is 5.31. The van der Waals surface area contributed by atoms with Gasteiger partial charge in [-0.25, -0.2) is 0 Å². The van der Waals surface area contributed by atoms with Gasteiger partial charge in [-0.2, -0.15) is 0 Å². The summed E-state index contributed by atoms with van der Waals surface area (Å²) >= 11 is 5.11. The van der Waals surface area contributed by atoms with E-state index in [0.717, 1.165) is 23.0 Å². The molecule has 18 heavy (non-hydrogen) atoms. The van der Waals surface area contributed by atoms with Crippen LogP contribution in [0.3, 0.4) is 0 Å². The van der Waals surface area contributed by atoms with Gasteiger partial charge in [0.05, 0.1) is 17.6 Å². The largest absolute Gasteiger partial charge is 0.374 e. The van der Waals surface area contributed by atoms with Gasteiger partial charge in [0.25, 0.3) is 5.91 Å². The number of carbonyl (C=O) groups excluding carboxylic acids is 1. The summed E-state index contributed by atoms with van der Waals surface area (Å²) in [7, 11) is 0. The SMILES string of the molecule is O=C(c1cc2c(s1)CCC2)N1CCOC(CBr)C1. The highest BCUT2D eigenvalue weighted by Crippen LogP contribution is 2.31. The number of aryl methyl sites for hydroxylation is 2. The van der Waals surface area contributed by atoms with Crippen LogP contribution in [0.2, 0.25) is 0 Å². The van der Waals surface area contributed by atoms with Crippen LogP contribution in [0.1, 0.15) is 26.5 Å². The zero-order chi connectivity index (χ0) is 12.5. The number of ether oxygens (including phenoxy) is 1. The zero-order valence-corrected chi connectivity index (χ0v) is 12.6. The maximum atomic E-state index is 12.4. The normalized spacial score (nSPS) is 23.2. The molecule has 2 heterocycles. The molecule has 1 fully saturated rings. The van der Waals surface area contributed by atoms with Gasteiger partial charge in [-0.05, 0) is 30.9 Å². The molecule has 1 saturated heterocycles. The van der Waals surface area contributed by atoms with Crippen molar-refractivity contribution in [2.75, 3.05) is 25.0 Å². The molecule has 3 rings (SSSR count). The first-order valence-corrected chi connectivity index (χ1v) is 8.30. The molecule has 0 N–H and O–H groups in total. The molecular weight excluding hydrogens is 314 g/mol. The number of thiophene rings is 1. The molecule has 1 amide bonds. The van der Waals surface area contributed by atoms with Gasteiger partial charge in [0.2, 0.25) is 0 Å². The molecular formula is C13H16BrNO2S. The number of halogens is 1. The molecule has 0 radical (unpaired) electrons. The second-order valence-electron chi connectivity index (χ2n) is 4.81. The lowest BCUT2D eigenvalue weighted by Gasteiger charge is -2.31. The molecule has 98 valence electrons. The van der Waals surface area contributed by atoms with E-state index in [-0.39, 0.29) is 12.0 Å². The predicted octanol–water partition coefficient (Wildman–Crippen LogP) is 2.47. The van der Waals surface area contributed by atoms with E-state index in [0.29, 0.717) is 19.7 Å². The Morgan fingerprint density at radius 2 is 2.44 bits per heavy atom. The van der Waals surface area contributed by atoms with Crippen molar-refractivity contribution < 1.29 is 9.53 Å². The molecule has 5 heteroatoms. The molecule has 1 aromatic rings. The second-order valence-corrected chi connectivity index (χ2v) is 6.60. The van der Waals surface area contributed by atoms with E-state index in [4.69, 9.17) is 4.74 Å². The summed E-state index contributed by atoms with van der Waals surface area (Å²) in [4.78, 5) is 16.7. The molecule has 0 saturated carbocycles. The van der Waals surface area contributed by atoms with Gasteiger partial charge in [-0.15, -0.1) is 11.3 Å². The number of hydrogen-bond donors (Lipinski definition) is 0. The highest BCUT2D eigenvalue weighted by molar-refractivity contribution is 9.09. The summed E-state index contributed by atoms with van der Waals surface area (Å²) < 4.78 is 5.57. The van der Waals surface area contributed by atoms with Crippen LogP contribution in [0.5, 0.6) is 0 Å². The van der Waals surface area contributed by atoms with Crippen LogP contribution >= 0.6 is 27.3 Å². The lowest BCUT2D eigenvalue weighted by Crippen LogP contribution is -2.46. The highest BCUT2D eigenvalue weighted by Gasteiger charge is 2.26. The van der Waals surface area contributed by atoms with Crippen molar-refractivity contribution in [1.29, 1.82) is 0 Å². The Hall–Kier alpha value is -0.390. The molecule has 0 aromatic carbocycles. The predicted molar refractivity (Wildman–Crippen MR) is 75.8 cm³/mol. The number of amides is 1. The quantitative estimate of drug-likeness (QED) is 0.780. The summed E-state index contributed by atoms with van der Waals surface area (Å²) in [6, 6.07) is 2.11. The van der Waals surface area contributed by atoms with Crippen molar-refractivity contribution in [2.45, 2.75) is 25.4 Å². The minimum absolute atomic E-state index is 0.134. The van der Waals surface area contributed by atoms with Crippen LogP contribution in [0, 0.1) is 0 Å². The number of alkyl halides is 1. The van der Waals surface area contributed by atoms with Gasteiger partial charge in [0.1, 0.15) is 0 Å². The van der Waals surface area contributed by atoms with E-state index in [1.54, 1.807) is 11.3 Å². The Morgan fingerprint density at radius 3 is 3.22 bits per heavy atom. The van der Waals surface area contributed by atoms with E-state index in [1.165, 1.54) is 16.9 Å². The Labute approximate surface area is 119 Å². The van der Waals surface area contributed by atoms with Crippen molar-refractivity contribution in [3.8, 4) is 0 Å². The summed E-state index contributed by atoms with van der Waals surface area (Å²) in [5.41, 5.74) is 1.40. The number of nitrogens with zero attached hydrogens (tertiary/aromatic N) is 1. The fourth-order valence-corrected chi connectivity index (χ4v) is 4.20. The van der Waals surface area contributed by atoms with Gasteiger partial charge in [0, 0.05) is 23.3 Å². The lowest BCUT2D eigenvalue weighted by molar-refractivity contribution is -0.00946. The molecule has 0 bridgehead atoms. The van der Waals surface area contributed by atoms with E-state index >= 15 is 0 Å². The van der Waals surface area contributed by atoms with Crippen LogP contribution < -0.4 is 0 Å². The molecule has 0 spiro atoms. The van der Waals surface area contributed by atoms with Crippen LogP contribution in [0.4, 0.5) is 0 Å². The van der Waals surface area contributed by atoms with E-state index in [1.807, 2.05) is 4.90 Å². The molecule has 1 atom stereocenters. The Bertz CT molecular complexity index is 438. The van der Waals surface area contributed by atoms with Gasteiger partial charge in [-0.1, -0.05) is 15.9 Å². The molecule has 1 aliphatic carbocycles. The van der Waals surface area contributed by atoms with Gasteiger partial charge < -0.3 is 9.64 Å². The maximum Gasteiger partial charge on any atom is 0.264 e. The summed E-state index contributed by atoms with van der Waals surface area (Å²) in [5, 5.41) is 0.789. The van der Waals surface area contributed by atoms with Crippen molar-refractivity contribution in [1.82, 2.24) is 4.90 Å². The maximum absolute atomic E-state index is 12.4. The molecule has 2 aliphatic rings. The first kappa shape index (κ1) is 12.6. The summed E-state index contributed by atoms with van der Waals surface area (Å²) in [5.74, 6) is 0.184. The molecule has 3 nitrogen and oxygen atoms in total. The average Bonchev–Trinajstić information content (AvgIpc) is 2.98.